The van der Waals surface area contributed by atoms with E-state index in [1.54, 1.807) is 0 Å². The first-order valence-electron chi connectivity index (χ1n) is 4.45. The van der Waals surface area contributed by atoms with E-state index in [9.17, 15) is 28.1 Å². The van der Waals surface area contributed by atoms with Gasteiger partial charge in [0.2, 0.25) is 5.91 Å². The van der Waals surface area contributed by atoms with Crippen LogP contribution < -0.4 is 5.32 Å². The highest BCUT2D eigenvalue weighted by atomic mass is 35.5. The third kappa shape index (κ3) is 3.10. The molecular formula is C9H6ClF3N2O3. The summed E-state index contributed by atoms with van der Waals surface area (Å²) in [5.74, 6) is -0.689. The van der Waals surface area contributed by atoms with Gasteiger partial charge in [-0.1, -0.05) is 11.6 Å². The number of amides is 1. The third-order valence-electron chi connectivity index (χ3n) is 1.89. The molecule has 0 aromatic heterocycles. The topological polar surface area (TPSA) is 72.2 Å². The lowest BCUT2D eigenvalue weighted by Gasteiger charge is -2.11. The van der Waals surface area contributed by atoms with Crippen LogP contribution in [0.3, 0.4) is 0 Å². The second kappa shape index (κ2) is 4.81. The van der Waals surface area contributed by atoms with Crippen molar-refractivity contribution in [1.29, 1.82) is 0 Å². The number of halogens is 4. The summed E-state index contributed by atoms with van der Waals surface area (Å²) in [6, 6.07) is 0.852. The van der Waals surface area contributed by atoms with Gasteiger partial charge in [0, 0.05) is 13.0 Å². The van der Waals surface area contributed by atoms with Gasteiger partial charge in [-0.15, -0.1) is 0 Å². The average Bonchev–Trinajstić information content (AvgIpc) is 2.18. The molecule has 0 radical (unpaired) electrons. The Morgan fingerprint density at radius 3 is 2.39 bits per heavy atom. The summed E-state index contributed by atoms with van der Waals surface area (Å²) < 4.78 is 37.5. The van der Waals surface area contributed by atoms with Crippen molar-refractivity contribution >= 4 is 28.9 Å². The number of alkyl halides is 3. The van der Waals surface area contributed by atoms with E-state index < -0.39 is 39.0 Å². The highest BCUT2D eigenvalue weighted by molar-refractivity contribution is 6.35. The summed E-state index contributed by atoms with van der Waals surface area (Å²) in [6.45, 7) is 1.04. The minimum Gasteiger partial charge on any atom is -0.325 e. The van der Waals surface area contributed by atoms with Crippen molar-refractivity contribution in [2.75, 3.05) is 5.32 Å². The lowest BCUT2D eigenvalue weighted by Crippen LogP contribution is -2.11. The highest BCUT2D eigenvalue weighted by Crippen LogP contribution is 2.39. The molecule has 0 spiro atoms. The maximum atomic E-state index is 12.5. The Hall–Kier alpha value is -1.83. The predicted octanol–water partition coefficient (Wildman–Crippen LogP) is 3.23. The maximum Gasteiger partial charge on any atom is 0.416 e. The van der Waals surface area contributed by atoms with E-state index in [-0.39, 0.29) is 0 Å². The molecule has 0 atom stereocenters. The van der Waals surface area contributed by atoms with Gasteiger partial charge < -0.3 is 5.32 Å². The number of anilines is 1. The summed E-state index contributed by atoms with van der Waals surface area (Å²) in [7, 11) is 0. The summed E-state index contributed by atoms with van der Waals surface area (Å²) in [4.78, 5) is 20.3. The minimum absolute atomic E-state index is 0.313. The smallest absolute Gasteiger partial charge is 0.325 e. The standard InChI is InChI=1S/C9H6ClF3N2O3/c1-4(16)14-6-2-5(9(11,12)13)3-7(8(6)10)15(17)18/h2-3H,1H3,(H,14,16). The molecule has 1 aromatic carbocycles. The van der Waals surface area contributed by atoms with Gasteiger partial charge >= 0.3 is 6.18 Å². The summed E-state index contributed by atoms with van der Waals surface area (Å²) in [5.41, 5.74) is -2.64. The number of carbonyl (C=O) groups excluding carboxylic acids is 1. The van der Waals surface area contributed by atoms with Gasteiger partial charge in [0.1, 0.15) is 5.02 Å². The third-order valence-corrected chi connectivity index (χ3v) is 2.29. The highest BCUT2D eigenvalue weighted by Gasteiger charge is 2.34. The molecule has 1 amide bonds. The number of hydrogen-bond donors (Lipinski definition) is 1. The molecule has 0 aliphatic rings. The fourth-order valence-electron chi connectivity index (χ4n) is 1.19. The van der Waals surface area contributed by atoms with E-state index in [1.165, 1.54) is 0 Å². The van der Waals surface area contributed by atoms with Crippen LogP contribution in [-0.2, 0) is 11.0 Å². The Balaban J connectivity index is 3.46. The fourth-order valence-corrected chi connectivity index (χ4v) is 1.41. The summed E-state index contributed by atoms with van der Waals surface area (Å²) >= 11 is 5.55. The number of nitro benzene ring substituents is 1. The molecule has 0 saturated heterocycles. The van der Waals surface area contributed by atoms with E-state index in [4.69, 9.17) is 11.6 Å². The van der Waals surface area contributed by atoms with Gasteiger partial charge in [0.25, 0.3) is 5.69 Å². The number of nitro groups is 1. The molecule has 0 aliphatic heterocycles. The van der Waals surface area contributed by atoms with E-state index in [1.807, 2.05) is 5.32 Å². The van der Waals surface area contributed by atoms with Gasteiger partial charge in [-0.25, -0.2) is 0 Å². The first-order chi connectivity index (χ1) is 8.12. The van der Waals surface area contributed by atoms with Crippen LogP contribution in [0.25, 0.3) is 0 Å². The van der Waals surface area contributed by atoms with Crippen LogP contribution in [0.4, 0.5) is 24.5 Å². The second-order valence-electron chi connectivity index (χ2n) is 3.29. The van der Waals surface area contributed by atoms with Crippen LogP contribution in [0.5, 0.6) is 0 Å². The lowest BCUT2D eigenvalue weighted by molar-refractivity contribution is -0.384. The number of carbonyl (C=O) groups is 1. The normalized spacial score (nSPS) is 11.2. The molecule has 98 valence electrons. The Bertz CT molecular complexity index is 517. The predicted molar refractivity (Wildman–Crippen MR) is 57.4 cm³/mol. The van der Waals surface area contributed by atoms with E-state index in [2.05, 4.69) is 0 Å². The molecule has 1 aromatic rings. The quantitative estimate of drug-likeness (QED) is 0.668. The zero-order valence-electron chi connectivity index (χ0n) is 8.84. The van der Waals surface area contributed by atoms with Crippen molar-refractivity contribution in [3.8, 4) is 0 Å². The van der Waals surface area contributed by atoms with E-state index in [0.29, 0.717) is 12.1 Å². The van der Waals surface area contributed by atoms with Crippen LogP contribution in [0, 0.1) is 10.1 Å². The van der Waals surface area contributed by atoms with Crippen molar-refractivity contribution in [2.24, 2.45) is 0 Å². The molecule has 9 heteroatoms. The lowest BCUT2D eigenvalue weighted by atomic mass is 10.1. The SMILES string of the molecule is CC(=O)Nc1cc(C(F)(F)F)cc([N+](=O)[O-])c1Cl. The Kier molecular flexibility index (Phi) is 3.80. The Labute approximate surface area is 104 Å². The molecule has 0 heterocycles. The number of nitrogens with zero attached hydrogens (tertiary/aromatic N) is 1. The van der Waals surface area contributed by atoms with Crippen LogP contribution in [0.1, 0.15) is 12.5 Å². The average molecular weight is 283 g/mol. The summed E-state index contributed by atoms with van der Waals surface area (Å²) in [5, 5.41) is 12.0. The number of hydrogen-bond acceptors (Lipinski definition) is 3. The first kappa shape index (κ1) is 14.2. The zero-order chi connectivity index (χ0) is 14.1. The van der Waals surface area contributed by atoms with Crippen molar-refractivity contribution in [2.45, 2.75) is 13.1 Å². The number of nitrogens with one attached hydrogen (secondary N) is 1. The minimum atomic E-state index is -4.78. The molecule has 5 nitrogen and oxygen atoms in total. The Morgan fingerprint density at radius 2 is 2.00 bits per heavy atom. The monoisotopic (exact) mass is 282 g/mol. The fraction of sp³-hybridized carbons (Fsp3) is 0.222. The van der Waals surface area contributed by atoms with Gasteiger partial charge in [0.05, 0.1) is 16.2 Å². The molecule has 0 fully saturated rings. The molecule has 18 heavy (non-hydrogen) atoms. The van der Waals surface area contributed by atoms with Crippen molar-refractivity contribution in [3.63, 3.8) is 0 Å². The summed E-state index contributed by atoms with van der Waals surface area (Å²) in [6.07, 6.45) is -4.78. The van der Waals surface area contributed by atoms with Gasteiger partial charge in [-0.05, 0) is 6.07 Å². The molecule has 0 saturated carbocycles. The number of benzene rings is 1. The molecule has 0 bridgehead atoms. The van der Waals surface area contributed by atoms with Crippen molar-refractivity contribution in [1.82, 2.24) is 0 Å². The second-order valence-corrected chi connectivity index (χ2v) is 3.67. The molecule has 0 aliphatic carbocycles. The van der Waals surface area contributed by atoms with Crippen LogP contribution >= 0.6 is 11.6 Å². The van der Waals surface area contributed by atoms with Gasteiger partial charge in [0.15, 0.2) is 0 Å². The Morgan fingerprint density at radius 1 is 1.44 bits per heavy atom. The first-order valence-corrected chi connectivity index (χ1v) is 4.83. The van der Waals surface area contributed by atoms with E-state index >= 15 is 0 Å². The van der Waals surface area contributed by atoms with E-state index in [0.717, 1.165) is 6.92 Å². The molecule has 1 rings (SSSR count). The van der Waals surface area contributed by atoms with Crippen LogP contribution in [0.15, 0.2) is 12.1 Å². The van der Waals surface area contributed by atoms with Crippen LogP contribution in [0.2, 0.25) is 5.02 Å². The molecule has 0 unspecified atom stereocenters. The van der Waals surface area contributed by atoms with Gasteiger partial charge in [-0.2, -0.15) is 13.2 Å². The number of rotatable bonds is 2. The zero-order valence-corrected chi connectivity index (χ0v) is 9.59. The maximum absolute atomic E-state index is 12.5. The molecule has 1 N–H and O–H groups in total. The van der Waals surface area contributed by atoms with Gasteiger partial charge in [-0.3, -0.25) is 14.9 Å². The molecular weight excluding hydrogens is 277 g/mol. The van der Waals surface area contributed by atoms with Crippen molar-refractivity contribution in [3.05, 3.63) is 32.8 Å². The largest absolute Gasteiger partial charge is 0.416 e. The van der Waals surface area contributed by atoms with Crippen molar-refractivity contribution < 1.29 is 22.9 Å². The van der Waals surface area contributed by atoms with Crippen LogP contribution in [-0.4, -0.2) is 10.8 Å².